The quantitative estimate of drug-likeness (QED) is 0.508. The predicted octanol–water partition coefficient (Wildman–Crippen LogP) is 3.11. The summed E-state index contributed by atoms with van der Waals surface area (Å²) >= 11 is 6.11. The second kappa shape index (κ2) is 8.19. The summed E-state index contributed by atoms with van der Waals surface area (Å²) in [5.41, 5.74) is 1.93. The first kappa shape index (κ1) is 19.3. The van der Waals surface area contributed by atoms with Crippen LogP contribution in [-0.4, -0.2) is 62.1 Å². The lowest BCUT2D eigenvalue weighted by molar-refractivity contribution is 0.0740. The minimum atomic E-state index is -0.0567. The molecule has 1 amide bonds. The van der Waals surface area contributed by atoms with E-state index in [1.54, 1.807) is 18.3 Å². The summed E-state index contributed by atoms with van der Waals surface area (Å²) in [6.07, 6.45) is 3.12. The lowest BCUT2D eigenvalue weighted by Crippen LogP contribution is -2.49. The zero-order valence-electron chi connectivity index (χ0n) is 16.5. The number of amides is 1. The molecular formula is C21H19ClN8O. The van der Waals surface area contributed by atoms with Crippen molar-refractivity contribution in [3.05, 3.63) is 65.7 Å². The van der Waals surface area contributed by atoms with E-state index in [-0.39, 0.29) is 5.91 Å². The van der Waals surface area contributed by atoms with Crippen molar-refractivity contribution in [2.75, 3.05) is 36.4 Å². The van der Waals surface area contributed by atoms with E-state index < -0.39 is 0 Å². The van der Waals surface area contributed by atoms with E-state index in [1.807, 2.05) is 35.2 Å². The number of anilines is 3. The maximum atomic E-state index is 12.7. The number of hydrogen-bond donors (Lipinski definition) is 2. The molecule has 10 heteroatoms. The van der Waals surface area contributed by atoms with E-state index >= 15 is 0 Å². The number of nitrogens with zero attached hydrogens (tertiary/aromatic N) is 6. The molecule has 0 aliphatic carbocycles. The van der Waals surface area contributed by atoms with E-state index in [2.05, 4.69) is 35.4 Å². The minimum Gasteiger partial charge on any atom is -0.351 e. The fraction of sp³-hybridized carbons (Fsp3) is 0.190. The van der Waals surface area contributed by atoms with Gasteiger partial charge in [-0.25, -0.2) is 9.97 Å². The van der Waals surface area contributed by atoms with Crippen LogP contribution in [0.4, 0.5) is 17.3 Å². The van der Waals surface area contributed by atoms with Gasteiger partial charge in [-0.3, -0.25) is 14.9 Å². The zero-order valence-corrected chi connectivity index (χ0v) is 17.3. The number of carbonyl (C=O) groups excluding carboxylic acids is 1. The molecule has 0 atom stereocenters. The maximum Gasteiger partial charge on any atom is 0.272 e. The van der Waals surface area contributed by atoms with Crippen LogP contribution in [0.2, 0.25) is 5.02 Å². The van der Waals surface area contributed by atoms with Crippen LogP contribution in [0.25, 0.3) is 11.0 Å². The second-order valence-corrected chi connectivity index (χ2v) is 7.56. The average molecular weight is 435 g/mol. The van der Waals surface area contributed by atoms with Crippen molar-refractivity contribution < 1.29 is 4.79 Å². The molecule has 0 bridgehead atoms. The van der Waals surface area contributed by atoms with Gasteiger partial charge in [-0.05, 0) is 30.3 Å². The van der Waals surface area contributed by atoms with Gasteiger partial charge in [-0.15, -0.1) is 0 Å². The number of nitrogens with one attached hydrogen (secondary N) is 2. The number of rotatable bonds is 4. The van der Waals surface area contributed by atoms with Crippen LogP contribution in [0, 0.1) is 0 Å². The number of hydrogen-bond acceptors (Lipinski definition) is 7. The molecule has 1 saturated heterocycles. The monoisotopic (exact) mass is 434 g/mol. The molecule has 4 heterocycles. The van der Waals surface area contributed by atoms with Crippen LogP contribution in [0.15, 0.2) is 55.0 Å². The molecule has 3 aromatic heterocycles. The number of aromatic amines is 1. The van der Waals surface area contributed by atoms with E-state index in [0.717, 1.165) is 16.9 Å². The van der Waals surface area contributed by atoms with E-state index in [0.29, 0.717) is 48.4 Å². The topological polar surface area (TPSA) is 103 Å². The first-order valence-electron chi connectivity index (χ1n) is 9.86. The van der Waals surface area contributed by atoms with Gasteiger partial charge in [0.25, 0.3) is 5.91 Å². The van der Waals surface area contributed by atoms with Crippen molar-refractivity contribution in [1.82, 2.24) is 30.0 Å². The molecule has 2 N–H and O–H groups in total. The van der Waals surface area contributed by atoms with Crippen molar-refractivity contribution in [3.8, 4) is 0 Å². The Morgan fingerprint density at radius 2 is 1.90 bits per heavy atom. The van der Waals surface area contributed by atoms with Gasteiger partial charge < -0.3 is 15.1 Å². The van der Waals surface area contributed by atoms with Gasteiger partial charge in [0.1, 0.15) is 23.2 Å². The number of piperazine rings is 1. The van der Waals surface area contributed by atoms with Gasteiger partial charge >= 0.3 is 0 Å². The molecule has 156 valence electrons. The number of aromatic nitrogens is 5. The number of pyridine rings is 1. The second-order valence-electron chi connectivity index (χ2n) is 7.12. The first-order chi connectivity index (χ1) is 15.2. The summed E-state index contributed by atoms with van der Waals surface area (Å²) < 4.78 is 0. The molecule has 1 aromatic carbocycles. The highest BCUT2D eigenvalue weighted by Crippen LogP contribution is 2.31. The normalized spacial score (nSPS) is 14.1. The summed E-state index contributed by atoms with van der Waals surface area (Å²) in [6, 6.07) is 12.8. The molecule has 0 saturated carbocycles. The van der Waals surface area contributed by atoms with E-state index in [4.69, 9.17) is 11.6 Å². The van der Waals surface area contributed by atoms with Crippen LogP contribution in [-0.2, 0) is 0 Å². The van der Waals surface area contributed by atoms with Gasteiger partial charge in [0.2, 0.25) is 0 Å². The third-order valence-electron chi connectivity index (χ3n) is 5.18. The molecular weight excluding hydrogens is 416 g/mol. The Bertz CT molecular complexity index is 1220. The molecule has 1 fully saturated rings. The molecule has 1 aliphatic rings. The molecule has 0 radical (unpaired) electrons. The smallest absolute Gasteiger partial charge is 0.272 e. The third-order valence-corrected chi connectivity index (χ3v) is 5.41. The Labute approximate surface area is 183 Å². The van der Waals surface area contributed by atoms with E-state index in [9.17, 15) is 4.79 Å². The van der Waals surface area contributed by atoms with Gasteiger partial charge in [0, 0.05) is 43.1 Å². The average Bonchev–Trinajstić information content (AvgIpc) is 3.25. The lowest BCUT2D eigenvalue weighted by atomic mass is 10.2. The lowest BCUT2D eigenvalue weighted by Gasteiger charge is -2.34. The van der Waals surface area contributed by atoms with Crippen LogP contribution in [0.5, 0.6) is 0 Å². The Morgan fingerprint density at radius 1 is 1.03 bits per heavy atom. The molecule has 4 aromatic rings. The molecule has 5 rings (SSSR count). The Morgan fingerprint density at radius 3 is 2.68 bits per heavy atom. The fourth-order valence-corrected chi connectivity index (χ4v) is 3.83. The molecule has 9 nitrogen and oxygen atoms in total. The maximum absolute atomic E-state index is 12.7. The third kappa shape index (κ3) is 3.87. The highest BCUT2D eigenvalue weighted by Gasteiger charge is 2.26. The molecule has 31 heavy (non-hydrogen) atoms. The molecule has 0 unspecified atom stereocenters. The minimum absolute atomic E-state index is 0.0567. The van der Waals surface area contributed by atoms with Crippen LogP contribution in [0.3, 0.4) is 0 Å². The molecule has 0 spiro atoms. The molecule has 1 aliphatic heterocycles. The summed E-state index contributed by atoms with van der Waals surface area (Å²) in [4.78, 5) is 29.5. The SMILES string of the molecule is O=C(c1ccccn1)N1CCN(c2n[nH]c3ncnc(Nc4cccc(Cl)c4)c23)CC1. The zero-order chi connectivity index (χ0) is 21.2. The van der Waals surface area contributed by atoms with Gasteiger partial charge in [-0.2, -0.15) is 5.10 Å². The van der Waals surface area contributed by atoms with Gasteiger partial charge in [0.15, 0.2) is 11.5 Å². The van der Waals surface area contributed by atoms with Crippen LogP contribution in [0.1, 0.15) is 10.5 Å². The summed E-state index contributed by atoms with van der Waals surface area (Å²) in [7, 11) is 0. The predicted molar refractivity (Wildman–Crippen MR) is 119 cm³/mol. The number of benzene rings is 1. The standard InChI is InChI=1S/C21H19ClN8O/c22-14-4-3-5-15(12-14)26-18-17-19(25-13-24-18)27-28-20(17)29-8-10-30(11-9-29)21(31)16-6-1-2-7-23-16/h1-7,12-13H,8-11H2,(H2,24,25,26,27,28). The fourth-order valence-electron chi connectivity index (χ4n) is 3.64. The van der Waals surface area contributed by atoms with Gasteiger partial charge in [-0.1, -0.05) is 23.7 Å². The first-order valence-corrected chi connectivity index (χ1v) is 10.2. The van der Waals surface area contributed by atoms with Gasteiger partial charge in [0.05, 0.1) is 0 Å². The number of fused-ring (bicyclic) bond motifs is 1. The number of H-pyrrole nitrogens is 1. The Kier molecular flexibility index (Phi) is 5.09. The largest absolute Gasteiger partial charge is 0.351 e. The number of halogens is 1. The number of carbonyl (C=O) groups is 1. The van der Waals surface area contributed by atoms with Crippen LogP contribution < -0.4 is 10.2 Å². The highest BCUT2D eigenvalue weighted by molar-refractivity contribution is 6.30. The summed E-state index contributed by atoms with van der Waals surface area (Å²) in [5, 5.41) is 12.2. The van der Waals surface area contributed by atoms with Crippen molar-refractivity contribution in [2.45, 2.75) is 0 Å². The van der Waals surface area contributed by atoms with E-state index in [1.165, 1.54) is 6.33 Å². The van der Waals surface area contributed by atoms with Crippen molar-refractivity contribution in [1.29, 1.82) is 0 Å². The Hall–Kier alpha value is -3.72. The van der Waals surface area contributed by atoms with Crippen molar-refractivity contribution in [2.24, 2.45) is 0 Å². The van der Waals surface area contributed by atoms with Crippen molar-refractivity contribution >= 4 is 45.9 Å². The summed E-state index contributed by atoms with van der Waals surface area (Å²) in [5.74, 6) is 1.34. The van der Waals surface area contributed by atoms with Crippen LogP contribution >= 0.6 is 11.6 Å². The van der Waals surface area contributed by atoms with Crippen molar-refractivity contribution in [3.63, 3.8) is 0 Å². The summed E-state index contributed by atoms with van der Waals surface area (Å²) in [6.45, 7) is 2.44. The Balaban J connectivity index is 1.37. The highest BCUT2D eigenvalue weighted by atomic mass is 35.5.